The average Bonchev–Trinajstić information content (AvgIpc) is 3.32. The van der Waals surface area contributed by atoms with Gasteiger partial charge in [0.1, 0.15) is 0 Å². The lowest BCUT2D eigenvalue weighted by Crippen LogP contribution is -2.36. The van der Waals surface area contributed by atoms with Gasteiger partial charge in [-0.15, -0.1) is 0 Å². The van der Waals surface area contributed by atoms with E-state index in [2.05, 4.69) is 83.3 Å². The summed E-state index contributed by atoms with van der Waals surface area (Å²) in [5, 5.41) is 0. The Morgan fingerprint density at radius 1 is 0.765 bits per heavy atom. The van der Waals surface area contributed by atoms with Gasteiger partial charge in [-0.2, -0.15) is 0 Å². The number of hydrogen-bond donors (Lipinski definition) is 0. The fourth-order valence-electron chi connectivity index (χ4n) is 4.49. The van der Waals surface area contributed by atoms with Crippen molar-refractivity contribution in [2.75, 3.05) is 6.54 Å². The van der Waals surface area contributed by atoms with Crippen molar-refractivity contribution in [2.45, 2.75) is 45.2 Å². The SMILES string of the molecule is CCCCCN(Cc1cccn1Cc1ccccc1)C(=O)C(c1ccccc1)c1ccccc1. The van der Waals surface area contributed by atoms with Gasteiger partial charge < -0.3 is 9.47 Å². The summed E-state index contributed by atoms with van der Waals surface area (Å²) < 4.78 is 2.26. The Hall–Kier alpha value is -3.59. The Labute approximate surface area is 203 Å². The van der Waals surface area contributed by atoms with Gasteiger partial charge in [0.25, 0.3) is 0 Å². The third-order valence-electron chi connectivity index (χ3n) is 6.33. The number of amides is 1. The van der Waals surface area contributed by atoms with Crippen molar-refractivity contribution in [3.63, 3.8) is 0 Å². The molecule has 0 saturated carbocycles. The molecule has 4 rings (SSSR count). The molecule has 1 aromatic heterocycles. The normalized spacial score (nSPS) is 11.0. The second kappa shape index (κ2) is 12.0. The van der Waals surface area contributed by atoms with Gasteiger partial charge in [0.15, 0.2) is 0 Å². The molecule has 0 bridgehead atoms. The monoisotopic (exact) mass is 450 g/mol. The molecule has 0 N–H and O–H groups in total. The summed E-state index contributed by atoms with van der Waals surface area (Å²) >= 11 is 0. The molecule has 4 aromatic rings. The first-order chi connectivity index (χ1) is 16.8. The third-order valence-corrected chi connectivity index (χ3v) is 6.33. The van der Waals surface area contributed by atoms with Crippen molar-refractivity contribution in [3.8, 4) is 0 Å². The zero-order valence-electron chi connectivity index (χ0n) is 20.0. The van der Waals surface area contributed by atoms with Crippen LogP contribution in [0.25, 0.3) is 0 Å². The summed E-state index contributed by atoms with van der Waals surface area (Å²) in [6.45, 7) is 4.38. The zero-order chi connectivity index (χ0) is 23.6. The van der Waals surface area contributed by atoms with Crippen LogP contribution in [0.15, 0.2) is 109 Å². The van der Waals surface area contributed by atoms with Gasteiger partial charge in [-0.1, -0.05) is 111 Å². The van der Waals surface area contributed by atoms with Crippen LogP contribution in [0, 0.1) is 0 Å². The molecule has 174 valence electrons. The molecule has 1 heterocycles. The van der Waals surface area contributed by atoms with Crippen LogP contribution in [-0.4, -0.2) is 21.9 Å². The van der Waals surface area contributed by atoms with E-state index >= 15 is 0 Å². The van der Waals surface area contributed by atoms with Gasteiger partial charge in [0.2, 0.25) is 5.91 Å². The molecule has 3 aromatic carbocycles. The van der Waals surface area contributed by atoms with E-state index in [0.717, 1.165) is 49.2 Å². The molecule has 0 fully saturated rings. The van der Waals surface area contributed by atoms with Crippen molar-refractivity contribution >= 4 is 5.91 Å². The van der Waals surface area contributed by atoms with Crippen molar-refractivity contribution in [3.05, 3.63) is 132 Å². The van der Waals surface area contributed by atoms with Gasteiger partial charge in [-0.3, -0.25) is 4.79 Å². The van der Waals surface area contributed by atoms with Crippen LogP contribution in [0.4, 0.5) is 0 Å². The van der Waals surface area contributed by atoms with Crippen LogP contribution in [0.2, 0.25) is 0 Å². The molecule has 3 nitrogen and oxygen atoms in total. The van der Waals surface area contributed by atoms with Crippen molar-refractivity contribution < 1.29 is 4.79 Å². The summed E-state index contributed by atoms with van der Waals surface area (Å²) in [6.07, 6.45) is 5.38. The minimum atomic E-state index is -0.304. The highest BCUT2D eigenvalue weighted by atomic mass is 16.2. The molecule has 0 saturated heterocycles. The number of aromatic nitrogens is 1. The Kier molecular flexibility index (Phi) is 8.34. The fraction of sp³-hybridized carbons (Fsp3) is 0.258. The molecular weight excluding hydrogens is 416 g/mol. The summed E-state index contributed by atoms with van der Waals surface area (Å²) in [5.74, 6) is -0.137. The quantitative estimate of drug-likeness (QED) is 0.228. The maximum atomic E-state index is 14.2. The summed E-state index contributed by atoms with van der Waals surface area (Å²) in [7, 11) is 0. The highest BCUT2D eigenvalue weighted by Gasteiger charge is 2.28. The number of carbonyl (C=O) groups is 1. The van der Waals surface area contributed by atoms with Gasteiger partial charge in [0.05, 0.1) is 12.5 Å². The molecule has 0 aliphatic heterocycles. The first kappa shape index (κ1) is 23.6. The second-order valence-corrected chi connectivity index (χ2v) is 8.83. The summed E-state index contributed by atoms with van der Waals surface area (Å²) in [4.78, 5) is 16.2. The molecule has 0 spiro atoms. The molecule has 0 radical (unpaired) electrons. The molecule has 3 heteroatoms. The Balaban J connectivity index is 1.62. The van der Waals surface area contributed by atoms with E-state index in [9.17, 15) is 4.79 Å². The lowest BCUT2D eigenvalue weighted by atomic mass is 9.90. The van der Waals surface area contributed by atoms with Crippen LogP contribution in [0.5, 0.6) is 0 Å². The van der Waals surface area contributed by atoms with E-state index in [1.165, 1.54) is 5.56 Å². The van der Waals surface area contributed by atoms with Crippen LogP contribution in [0.3, 0.4) is 0 Å². The molecule has 0 unspecified atom stereocenters. The van der Waals surface area contributed by atoms with E-state index in [4.69, 9.17) is 0 Å². The number of hydrogen-bond acceptors (Lipinski definition) is 1. The second-order valence-electron chi connectivity index (χ2n) is 8.83. The molecule has 34 heavy (non-hydrogen) atoms. The molecule has 0 aliphatic carbocycles. The molecule has 0 aliphatic rings. The van der Waals surface area contributed by atoms with Crippen LogP contribution in [0.1, 0.15) is 54.5 Å². The smallest absolute Gasteiger partial charge is 0.234 e. The highest BCUT2D eigenvalue weighted by Crippen LogP contribution is 2.28. The van der Waals surface area contributed by atoms with Gasteiger partial charge in [-0.05, 0) is 35.2 Å². The number of rotatable bonds is 11. The Bertz CT molecular complexity index is 1100. The number of unbranched alkanes of at least 4 members (excludes halogenated alkanes) is 2. The number of benzene rings is 3. The van der Waals surface area contributed by atoms with Crippen molar-refractivity contribution in [1.29, 1.82) is 0 Å². The Morgan fingerprint density at radius 3 is 1.94 bits per heavy atom. The predicted octanol–water partition coefficient (Wildman–Crippen LogP) is 6.89. The van der Waals surface area contributed by atoms with E-state index in [1.807, 2.05) is 42.5 Å². The van der Waals surface area contributed by atoms with Gasteiger partial charge in [-0.25, -0.2) is 0 Å². The van der Waals surface area contributed by atoms with Crippen LogP contribution >= 0.6 is 0 Å². The lowest BCUT2D eigenvalue weighted by molar-refractivity contribution is -0.132. The van der Waals surface area contributed by atoms with E-state index in [1.54, 1.807) is 0 Å². The van der Waals surface area contributed by atoms with Crippen molar-refractivity contribution in [1.82, 2.24) is 9.47 Å². The third kappa shape index (κ3) is 6.05. The standard InChI is InChI=1S/C31H34N2O/c1-2-3-13-22-33(25-29-21-14-23-32(29)24-26-15-7-4-8-16-26)31(34)30(27-17-9-5-10-18-27)28-19-11-6-12-20-28/h4-12,14-21,23,30H,2-3,13,22,24-25H2,1H3. The van der Waals surface area contributed by atoms with Gasteiger partial charge >= 0.3 is 0 Å². The average molecular weight is 451 g/mol. The van der Waals surface area contributed by atoms with E-state index < -0.39 is 0 Å². The predicted molar refractivity (Wildman–Crippen MR) is 140 cm³/mol. The van der Waals surface area contributed by atoms with E-state index in [0.29, 0.717) is 6.54 Å². The first-order valence-electron chi connectivity index (χ1n) is 12.3. The summed E-state index contributed by atoms with van der Waals surface area (Å²) in [6, 6.07) is 35.1. The first-order valence-corrected chi connectivity index (χ1v) is 12.3. The highest BCUT2D eigenvalue weighted by molar-refractivity contribution is 5.87. The number of carbonyl (C=O) groups excluding carboxylic acids is 1. The molecular formula is C31H34N2O. The molecule has 1 amide bonds. The van der Waals surface area contributed by atoms with E-state index in [-0.39, 0.29) is 11.8 Å². The van der Waals surface area contributed by atoms with Crippen LogP contribution < -0.4 is 0 Å². The fourth-order valence-corrected chi connectivity index (χ4v) is 4.49. The van der Waals surface area contributed by atoms with Crippen molar-refractivity contribution in [2.24, 2.45) is 0 Å². The summed E-state index contributed by atoms with van der Waals surface area (Å²) in [5.41, 5.74) is 4.50. The lowest BCUT2D eigenvalue weighted by Gasteiger charge is -2.29. The maximum Gasteiger partial charge on any atom is 0.234 e. The minimum absolute atomic E-state index is 0.168. The maximum absolute atomic E-state index is 14.2. The minimum Gasteiger partial charge on any atom is -0.345 e. The van der Waals surface area contributed by atoms with Gasteiger partial charge in [0, 0.05) is 25.0 Å². The molecule has 0 atom stereocenters. The topological polar surface area (TPSA) is 25.2 Å². The number of nitrogens with zero attached hydrogens (tertiary/aromatic N) is 2. The zero-order valence-corrected chi connectivity index (χ0v) is 20.0. The largest absolute Gasteiger partial charge is 0.345 e. The Morgan fingerprint density at radius 2 is 1.35 bits per heavy atom. The van der Waals surface area contributed by atoms with Crippen LogP contribution in [-0.2, 0) is 17.9 Å².